The van der Waals surface area contributed by atoms with Crippen LogP contribution in [0.4, 0.5) is 14.5 Å². The first kappa shape index (κ1) is 13.6. The van der Waals surface area contributed by atoms with Crippen molar-refractivity contribution < 1.29 is 13.6 Å². The minimum atomic E-state index is -0.784. The van der Waals surface area contributed by atoms with Crippen molar-refractivity contribution in [1.82, 2.24) is 4.98 Å². The predicted molar refractivity (Wildman–Crippen MR) is 78.7 cm³/mol. The highest BCUT2D eigenvalue weighted by Gasteiger charge is 2.10. The lowest BCUT2D eigenvalue weighted by Crippen LogP contribution is -2.12. The number of nitrogens with zero attached hydrogens (tertiary/aromatic N) is 1. The standard InChI is InChI=1S/C15H10F2N2OS/c1-8-18-13-3-2-12(7-14(13)21-8)19-15(20)9-4-10(16)6-11(17)5-9/h2-7H,1H3,(H,19,20). The maximum atomic E-state index is 13.1. The summed E-state index contributed by atoms with van der Waals surface area (Å²) in [7, 11) is 0. The van der Waals surface area contributed by atoms with Crippen LogP contribution in [0.3, 0.4) is 0 Å². The smallest absolute Gasteiger partial charge is 0.255 e. The number of carbonyl (C=O) groups is 1. The third-order valence-corrected chi connectivity index (χ3v) is 3.81. The minimum Gasteiger partial charge on any atom is -0.322 e. The highest BCUT2D eigenvalue weighted by atomic mass is 32.1. The summed E-state index contributed by atoms with van der Waals surface area (Å²) in [6, 6.07) is 7.99. The van der Waals surface area contributed by atoms with Crippen LogP contribution in [0.2, 0.25) is 0 Å². The number of benzene rings is 2. The Morgan fingerprint density at radius 2 is 1.86 bits per heavy atom. The molecule has 106 valence electrons. The maximum absolute atomic E-state index is 13.1. The molecule has 0 saturated heterocycles. The van der Waals surface area contributed by atoms with Gasteiger partial charge in [0.05, 0.1) is 15.2 Å². The normalized spacial score (nSPS) is 10.8. The molecule has 0 fully saturated rings. The number of anilines is 1. The van der Waals surface area contributed by atoms with E-state index in [-0.39, 0.29) is 5.56 Å². The highest BCUT2D eigenvalue weighted by molar-refractivity contribution is 7.18. The van der Waals surface area contributed by atoms with Crippen LogP contribution in [0.1, 0.15) is 15.4 Å². The van der Waals surface area contributed by atoms with Gasteiger partial charge in [0, 0.05) is 17.3 Å². The number of amides is 1. The second kappa shape index (κ2) is 5.21. The molecule has 0 aliphatic carbocycles. The quantitative estimate of drug-likeness (QED) is 0.773. The fraction of sp³-hybridized carbons (Fsp3) is 0.0667. The molecule has 1 N–H and O–H groups in total. The summed E-state index contributed by atoms with van der Waals surface area (Å²) in [5.74, 6) is -2.13. The Morgan fingerprint density at radius 3 is 2.57 bits per heavy atom. The van der Waals surface area contributed by atoms with Gasteiger partial charge in [0.15, 0.2) is 0 Å². The molecule has 3 nitrogen and oxygen atoms in total. The first-order chi connectivity index (χ1) is 10.0. The number of carbonyl (C=O) groups excluding carboxylic acids is 1. The van der Waals surface area contributed by atoms with Gasteiger partial charge < -0.3 is 5.32 Å². The van der Waals surface area contributed by atoms with Gasteiger partial charge in [0.25, 0.3) is 5.91 Å². The molecule has 0 bridgehead atoms. The molecule has 0 spiro atoms. The topological polar surface area (TPSA) is 42.0 Å². The molecular weight excluding hydrogens is 294 g/mol. The molecule has 0 aliphatic rings. The second-order valence-electron chi connectivity index (χ2n) is 4.53. The predicted octanol–water partition coefficient (Wildman–Crippen LogP) is 4.14. The van der Waals surface area contributed by atoms with Crippen molar-refractivity contribution in [2.24, 2.45) is 0 Å². The minimum absolute atomic E-state index is 0.0620. The average molecular weight is 304 g/mol. The third kappa shape index (κ3) is 2.90. The van der Waals surface area contributed by atoms with Gasteiger partial charge in [-0.3, -0.25) is 4.79 Å². The largest absolute Gasteiger partial charge is 0.322 e. The molecule has 3 rings (SSSR count). The van der Waals surface area contributed by atoms with Gasteiger partial charge in [-0.25, -0.2) is 13.8 Å². The lowest BCUT2D eigenvalue weighted by Gasteiger charge is -2.05. The van der Waals surface area contributed by atoms with Crippen LogP contribution in [-0.4, -0.2) is 10.9 Å². The zero-order chi connectivity index (χ0) is 15.0. The number of fused-ring (bicyclic) bond motifs is 1. The Kier molecular flexibility index (Phi) is 3.39. The summed E-state index contributed by atoms with van der Waals surface area (Å²) < 4.78 is 27.2. The monoisotopic (exact) mass is 304 g/mol. The van der Waals surface area contributed by atoms with Crippen LogP contribution in [0, 0.1) is 18.6 Å². The molecule has 0 atom stereocenters. The van der Waals surface area contributed by atoms with Crippen molar-refractivity contribution >= 4 is 33.1 Å². The van der Waals surface area contributed by atoms with Crippen LogP contribution in [-0.2, 0) is 0 Å². The number of halogens is 2. The number of aromatic nitrogens is 1. The lowest BCUT2D eigenvalue weighted by molar-refractivity contribution is 0.102. The number of hydrogen-bond acceptors (Lipinski definition) is 3. The SMILES string of the molecule is Cc1nc2ccc(NC(=O)c3cc(F)cc(F)c3)cc2s1. The lowest BCUT2D eigenvalue weighted by atomic mass is 10.2. The van der Waals surface area contributed by atoms with Crippen LogP contribution < -0.4 is 5.32 Å². The number of nitrogens with one attached hydrogen (secondary N) is 1. The summed E-state index contributed by atoms with van der Waals surface area (Å²) in [6.45, 7) is 1.90. The van der Waals surface area contributed by atoms with Gasteiger partial charge in [-0.05, 0) is 37.3 Å². The van der Waals surface area contributed by atoms with Crippen molar-refractivity contribution in [3.05, 3.63) is 58.6 Å². The van der Waals surface area contributed by atoms with E-state index in [2.05, 4.69) is 10.3 Å². The van der Waals surface area contributed by atoms with Gasteiger partial charge in [-0.2, -0.15) is 0 Å². The van der Waals surface area contributed by atoms with E-state index >= 15 is 0 Å². The van der Waals surface area contributed by atoms with E-state index in [4.69, 9.17) is 0 Å². The van der Waals surface area contributed by atoms with Crippen LogP contribution in [0.25, 0.3) is 10.2 Å². The molecule has 0 aliphatic heterocycles. The van der Waals surface area contributed by atoms with E-state index in [0.29, 0.717) is 5.69 Å². The summed E-state index contributed by atoms with van der Waals surface area (Å²) in [4.78, 5) is 16.3. The summed E-state index contributed by atoms with van der Waals surface area (Å²) in [6.07, 6.45) is 0. The fourth-order valence-corrected chi connectivity index (χ4v) is 2.87. The van der Waals surface area contributed by atoms with Crippen LogP contribution >= 0.6 is 11.3 Å². The Balaban J connectivity index is 1.88. The molecule has 2 aromatic carbocycles. The van der Waals surface area contributed by atoms with E-state index in [1.807, 2.05) is 6.92 Å². The summed E-state index contributed by atoms with van der Waals surface area (Å²) in [5.41, 5.74) is 1.35. The Bertz CT molecular complexity index is 825. The van der Waals surface area contributed by atoms with Gasteiger partial charge in [-0.15, -0.1) is 11.3 Å². The summed E-state index contributed by atoms with van der Waals surface area (Å²) in [5, 5.41) is 3.55. The van der Waals surface area contributed by atoms with Gasteiger partial charge in [-0.1, -0.05) is 0 Å². The van der Waals surface area contributed by atoms with E-state index in [1.54, 1.807) is 18.2 Å². The maximum Gasteiger partial charge on any atom is 0.255 e. The van der Waals surface area contributed by atoms with Crippen molar-refractivity contribution in [3.63, 3.8) is 0 Å². The first-order valence-corrected chi connectivity index (χ1v) is 6.97. The Labute approximate surface area is 123 Å². The number of aryl methyl sites for hydroxylation is 1. The Hall–Kier alpha value is -2.34. The number of hydrogen-bond donors (Lipinski definition) is 1. The van der Waals surface area contributed by atoms with Gasteiger partial charge >= 0.3 is 0 Å². The molecule has 0 saturated carbocycles. The highest BCUT2D eigenvalue weighted by Crippen LogP contribution is 2.25. The molecule has 0 unspecified atom stereocenters. The number of rotatable bonds is 2. The number of thiazole rings is 1. The molecule has 1 amide bonds. The molecule has 3 aromatic rings. The fourth-order valence-electron chi connectivity index (χ4n) is 2.01. The molecule has 21 heavy (non-hydrogen) atoms. The van der Waals surface area contributed by atoms with E-state index < -0.39 is 17.5 Å². The van der Waals surface area contributed by atoms with Crippen molar-refractivity contribution in [1.29, 1.82) is 0 Å². The molecular formula is C15H10F2N2OS. The van der Waals surface area contributed by atoms with Crippen LogP contribution in [0.15, 0.2) is 36.4 Å². The summed E-state index contributed by atoms with van der Waals surface area (Å²) >= 11 is 1.51. The van der Waals surface area contributed by atoms with Crippen molar-refractivity contribution in [2.75, 3.05) is 5.32 Å². The van der Waals surface area contributed by atoms with E-state index in [1.165, 1.54) is 11.3 Å². The third-order valence-electron chi connectivity index (χ3n) is 2.88. The van der Waals surface area contributed by atoms with E-state index in [9.17, 15) is 13.6 Å². The Morgan fingerprint density at radius 1 is 1.14 bits per heavy atom. The molecule has 1 heterocycles. The van der Waals surface area contributed by atoms with Crippen LogP contribution in [0.5, 0.6) is 0 Å². The van der Waals surface area contributed by atoms with Gasteiger partial charge in [0.2, 0.25) is 0 Å². The van der Waals surface area contributed by atoms with Crippen molar-refractivity contribution in [2.45, 2.75) is 6.92 Å². The second-order valence-corrected chi connectivity index (χ2v) is 5.76. The zero-order valence-electron chi connectivity index (χ0n) is 11.0. The van der Waals surface area contributed by atoms with Gasteiger partial charge in [0.1, 0.15) is 11.6 Å². The molecule has 1 aromatic heterocycles. The van der Waals surface area contributed by atoms with E-state index in [0.717, 1.165) is 33.4 Å². The average Bonchev–Trinajstić information content (AvgIpc) is 2.77. The molecule has 0 radical (unpaired) electrons. The first-order valence-electron chi connectivity index (χ1n) is 6.16. The zero-order valence-corrected chi connectivity index (χ0v) is 11.8. The molecule has 6 heteroatoms. The van der Waals surface area contributed by atoms with Crippen molar-refractivity contribution in [3.8, 4) is 0 Å².